The van der Waals surface area contributed by atoms with E-state index in [0.29, 0.717) is 28.5 Å². The van der Waals surface area contributed by atoms with Gasteiger partial charge in [0, 0.05) is 24.0 Å². The number of hydrogen-bond donors (Lipinski definition) is 0. The zero-order valence-electron chi connectivity index (χ0n) is 18.3. The molecule has 5 aromatic rings. The van der Waals surface area contributed by atoms with Gasteiger partial charge in [-0.25, -0.2) is 9.97 Å². The lowest BCUT2D eigenvalue weighted by Crippen LogP contribution is -1.96. The van der Waals surface area contributed by atoms with Crippen molar-refractivity contribution in [1.82, 2.24) is 19.9 Å². The summed E-state index contributed by atoms with van der Waals surface area (Å²) in [7, 11) is 1.60. The molecule has 34 heavy (non-hydrogen) atoms. The quantitative estimate of drug-likeness (QED) is 0.303. The van der Waals surface area contributed by atoms with Crippen LogP contribution in [0.5, 0.6) is 29.3 Å². The van der Waals surface area contributed by atoms with Crippen LogP contribution in [0, 0.1) is 6.20 Å². The Balaban J connectivity index is 1.27. The zero-order valence-corrected chi connectivity index (χ0v) is 18.3. The van der Waals surface area contributed by atoms with Crippen LogP contribution < -0.4 is 14.2 Å². The molecule has 0 aliphatic rings. The van der Waals surface area contributed by atoms with E-state index in [1.165, 1.54) is 0 Å². The predicted octanol–water partition coefficient (Wildman–Crippen LogP) is 5.99. The van der Waals surface area contributed by atoms with E-state index in [1.807, 2.05) is 54.6 Å². The average molecular weight is 447 g/mol. The van der Waals surface area contributed by atoms with Gasteiger partial charge in [-0.2, -0.15) is 9.97 Å². The number of rotatable bonds is 7. The Labute approximate surface area is 196 Å². The molecule has 0 unspecified atom stereocenters. The number of methoxy groups -OCH3 is 1. The van der Waals surface area contributed by atoms with E-state index in [2.05, 4.69) is 38.3 Å². The van der Waals surface area contributed by atoms with Gasteiger partial charge < -0.3 is 14.2 Å². The second-order valence-corrected chi connectivity index (χ2v) is 7.18. The lowest BCUT2D eigenvalue weighted by Gasteiger charge is -2.07. The van der Waals surface area contributed by atoms with Crippen LogP contribution in [0.25, 0.3) is 22.4 Å². The molecule has 0 amide bonds. The Hall–Kier alpha value is -4.78. The van der Waals surface area contributed by atoms with Gasteiger partial charge in [-0.3, -0.25) is 0 Å². The molecular weight excluding hydrogens is 428 g/mol. The summed E-state index contributed by atoms with van der Waals surface area (Å²) in [6.45, 7) is 0. The first-order valence-corrected chi connectivity index (χ1v) is 10.5. The van der Waals surface area contributed by atoms with E-state index >= 15 is 0 Å². The van der Waals surface area contributed by atoms with Crippen molar-refractivity contribution >= 4 is 0 Å². The zero-order chi connectivity index (χ0) is 23.2. The highest BCUT2D eigenvalue weighted by Gasteiger charge is 2.08. The van der Waals surface area contributed by atoms with Crippen LogP contribution in [0.2, 0.25) is 0 Å². The van der Waals surface area contributed by atoms with E-state index in [4.69, 9.17) is 14.2 Å². The lowest BCUT2D eigenvalue weighted by molar-refractivity contribution is 0.404. The van der Waals surface area contributed by atoms with Crippen molar-refractivity contribution in [3.63, 3.8) is 0 Å². The maximum Gasteiger partial charge on any atom is 0.322 e. The highest BCUT2D eigenvalue weighted by Crippen LogP contribution is 2.26. The van der Waals surface area contributed by atoms with Crippen molar-refractivity contribution in [3.05, 3.63) is 104 Å². The Morgan fingerprint density at radius 1 is 0.676 bits per heavy atom. The van der Waals surface area contributed by atoms with Crippen molar-refractivity contribution in [2.75, 3.05) is 7.11 Å². The van der Waals surface area contributed by atoms with Gasteiger partial charge in [0.25, 0.3) is 0 Å². The summed E-state index contributed by atoms with van der Waals surface area (Å²) in [5.74, 6) is 1.89. The third-order valence-corrected chi connectivity index (χ3v) is 4.91. The van der Waals surface area contributed by atoms with E-state index in [9.17, 15) is 0 Å². The summed E-state index contributed by atoms with van der Waals surface area (Å²) < 4.78 is 16.7. The first kappa shape index (κ1) is 21.1. The molecule has 0 atom stereocenters. The lowest BCUT2D eigenvalue weighted by atomic mass is 10.1. The maximum atomic E-state index is 5.76. The van der Waals surface area contributed by atoms with Crippen LogP contribution in [0.4, 0.5) is 0 Å². The Morgan fingerprint density at radius 2 is 1.44 bits per heavy atom. The minimum absolute atomic E-state index is 0.193. The van der Waals surface area contributed by atoms with E-state index < -0.39 is 0 Å². The SMILES string of the molecule is COc1cccc(Oc2nccc(-c3[c]nc(Oc4ccc(-c5ccccc5)cc4)nc3)n2)c1. The van der Waals surface area contributed by atoms with Gasteiger partial charge >= 0.3 is 12.0 Å². The van der Waals surface area contributed by atoms with Crippen LogP contribution in [-0.2, 0) is 0 Å². The van der Waals surface area contributed by atoms with Crippen molar-refractivity contribution in [1.29, 1.82) is 0 Å². The molecule has 0 aliphatic heterocycles. The highest BCUT2D eigenvalue weighted by molar-refractivity contribution is 5.64. The Bertz CT molecular complexity index is 1380. The second kappa shape index (κ2) is 9.79. The number of hydrogen-bond acceptors (Lipinski definition) is 7. The number of ether oxygens (including phenoxy) is 3. The molecule has 2 heterocycles. The molecule has 0 spiro atoms. The first-order valence-electron chi connectivity index (χ1n) is 10.5. The van der Waals surface area contributed by atoms with E-state index in [-0.39, 0.29) is 12.0 Å². The van der Waals surface area contributed by atoms with Crippen molar-refractivity contribution in [3.8, 4) is 51.7 Å². The molecule has 0 N–H and O–H groups in total. The van der Waals surface area contributed by atoms with Gasteiger partial charge in [0.05, 0.1) is 12.8 Å². The summed E-state index contributed by atoms with van der Waals surface area (Å²) >= 11 is 0. The predicted molar refractivity (Wildman–Crippen MR) is 127 cm³/mol. The van der Waals surface area contributed by atoms with E-state index in [0.717, 1.165) is 11.1 Å². The largest absolute Gasteiger partial charge is 0.497 e. The minimum atomic E-state index is 0.193. The molecule has 7 nitrogen and oxygen atoms in total. The van der Waals surface area contributed by atoms with Gasteiger partial charge in [0.15, 0.2) is 0 Å². The molecule has 3 aromatic carbocycles. The average Bonchev–Trinajstić information content (AvgIpc) is 2.90. The normalized spacial score (nSPS) is 10.5. The molecule has 5 rings (SSSR count). The number of aromatic nitrogens is 4. The maximum absolute atomic E-state index is 5.76. The molecule has 0 bridgehead atoms. The molecule has 2 aromatic heterocycles. The van der Waals surface area contributed by atoms with Crippen molar-refractivity contribution in [2.45, 2.75) is 0 Å². The fourth-order valence-corrected chi connectivity index (χ4v) is 3.22. The molecule has 0 saturated heterocycles. The smallest absolute Gasteiger partial charge is 0.322 e. The van der Waals surface area contributed by atoms with Gasteiger partial charge in [0.2, 0.25) is 0 Å². The van der Waals surface area contributed by atoms with Gasteiger partial charge in [-0.15, -0.1) is 0 Å². The molecule has 0 fully saturated rings. The van der Waals surface area contributed by atoms with Crippen LogP contribution in [0.15, 0.2) is 97.3 Å². The molecule has 165 valence electrons. The third-order valence-electron chi connectivity index (χ3n) is 4.91. The van der Waals surface area contributed by atoms with Gasteiger partial charge in [0.1, 0.15) is 23.4 Å². The summed E-state index contributed by atoms with van der Waals surface area (Å²) in [5.41, 5.74) is 3.41. The van der Waals surface area contributed by atoms with Crippen LogP contribution in [-0.4, -0.2) is 27.0 Å². The minimum Gasteiger partial charge on any atom is -0.497 e. The highest BCUT2D eigenvalue weighted by atomic mass is 16.5. The molecule has 0 aliphatic carbocycles. The van der Waals surface area contributed by atoms with Crippen LogP contribution in [0.1, 0.15) is 0 Å². The van der Waals surface area contributed by atoms with Crippen LogP contribution in [0.3, 0.4) is 0 Å². The summed E-state index contributed by atoms with van der Waals surface area (Å²) in [6.07, 6.45) is 6.11. The number of nitrogens with zero attached hydrogens (tertiary/aromatic N) is 4. The Morgan fingerprint density at radius 3 is 2.21 bits per heavy atom. The topological polar surface area (TPSA) is 79.2 Å². The standard InChI is InChI=1S/C27H19N4O3/c1-32-23-8-5-9-24(16-23)34-27-28-15-14-25(31-27)21-17-29-26(30-18-21)33-22-12-10-20(11-13-22)19-6-3-2-4-7-19/h2-17H,1H3. The third kappa shape index (κ3) is 4.99. The fraction of sp³-hybridized carbons (Fsp3) is 0.0370. The summed E-state index contributed by atoms with van der Waals surface area (Å²) in [5, 5.41) is 0. The fourth-order valence-electron chi connectivity index (χ4n) is 3.22. The monoisotopic (exact) mass is 447 g/mol. The number of benzene rings is 3. The van der Waals surface area contributed by atoms with Crippen molar-refractivity contribution < 1.29 is 14.2 Å². The molecule has 0 saturated carbocycles. The van der Waals surface area contributed by atoms with E-state index in [1.54, 1.807) is 37.7 Å². The van der Waals surface area contributed by atoms with Gasteiger partial charge in [-0.05, 0) is 41.5 Å². The second-order valence-electron chi connectivity index (χ2n) is 7.18. The summed E-state index contributed by atoms with van der Waals surface area (Å²) in [4.78, 5) is 17.1. The van der Waals surface area contributed by atoms with Crippen molar-refractivity contribution in [2.24, 2.45) is 0 Å². The first-order chi connectivity index (χ1) is 16.8. The molecular formula is C27H19N4O3. The van der Waals surface area contributed by atoms with Crippen LogP contribution >= 0.6 is 0 Å². The Kier molecular flexibility index (Phi) is 6.07. The molecule has 1 radical (unpaired) electrons. The van der Waals surface area contributed by atoms with Gasteiger partial charge in [-0.1, -0.05) is 48.5 Å². The summed E-state index contributed by atoms with van der Waals surface area (Å²) in [6, 6.07) is 27.2. The molecule has 7 heteroatoms.